The molecule has 2 N–H and O–H groups in total. The highest BCUT2D eigenvalue weighted by atomic mass is 127. The van der Waals surface area contributed by atoms with Crippen LogP contribution in [0.4, 0.5) is 0 Å². The second-order valence-corrected chi connectivity index (χ2v) is 6.09. The summed E-state index contributed by atoms with van der Waals surface area (Å²) >= 11 is 0. The monoisotopic (exact) mass is 461 g/mol. The van der Waals surface area contributed by atoms with E-state index in [9.17, 15) is 0 Å². The third kappa shape index (κ3) is 9.27. The predicted octanol–water partition coefficient (Wildman–Crippen LogP) is 1.49. The van der Waals surface area contributed by atoms with Crippen molar-refractivity contribution in [2.45, 2.75) is 6.42 Å². The van der Waals surface area contributed by atoms with Crippen molar-refractivity contribution in [1.29, 1.82) is 0 Å². The molecule has 1 aliphatic rings. The summed E-state index contributed by atoms with van der Waals surface area (Å²) in [6.07, 6.45) is 1.25. The second kappa shape index (κ2) is 13.2. The lowest BCUT2D eigenvalue weighted by Crippen LogP contribution is -2.43. The minimum atomic E-state index is 0. The van der Waals surface area contributed by atoms with Crippen LogP contribution in [-0.4, -0.2) is 82.3 Å². The van der Waals surface area contributed by atoms with Gasteiger partial charge < -0.3 is 25.2 Å². The molecule has 6 nitrogen and oxygen atoms in total. The summed E-state index contributed by atoms with van der Waals surface area (Å²) < 4.78 is 5.67. The fourth-order valence-corrected chi connectivity index (χ4v) is 2.73. The van der Waals surface area contributed by atoms with Crippen molar-refractivity contribution in [2.75, 3.05) is 66.5 Å². The number of hydrogen-bond donors (Lipinski definition) is 2. The van der Waals surface area contributed by atoms with E-state index in [-0.39, 0.29) is 24.0 Å². The first-order valence-electron chi connectivity index (χ1n) is 8.81. The molecule has 142 valence electrons. The number of aliphatic imine (C=N–C) groups is 1. The van der Waals surface area contributed by atoms with Crippen LogP contribution in [-0.2, 0) is 0 Å². The minimum absolute atomic E-state index is 0. The van der Waals surface area contributed by atoms with E-state index in [0.717, 1.165) is 44.4 Å². The van der Waals surface area contributed by atoms with E-state index in [0.29, 0.717) is 6.61 Å². The van der Waals surface area contributed by atoms with E-state index in [4.69, 9.17) is 4.74 Å². The lowest BCUT2D eigenvalue weighted by atomic mass is 10.3. The molecule has 7 heteroatoms. The Bertz CT molecular complexity index is 486. The van der Waals surface area contributed by atoms with E-state index in [1.54, 1.807) is 7.05 Å². The topological polar surface area (TPSA) is 52.1 Å². The molecule has 0 amide bonds. The summed E-state index contributed by atoms with van der Waals surface area (Å²) in [5.41, 5.74) is 0. The van der Waals surface area contributed by atoms with Crippen molar-refractivity contribution in [2.24, 2.45) is 4.99 Å². The van der Waals surface area contributed by atoms with Gasteiger partial charge in [0, 0.05) is 33.2 Å². The lowest BCUT2D eigenvalue weighted by molar-refractivity contribution is 0.279. The van der Waals surface area contributed by atoms with Crippen molar-refractivity contribution in [1.82, 2.24) is 20.4 Å². The Morgan fingerprint density at radius 2 is 1.84 bits per heavy atom. The van der Waals surface area contributed by atoms with Crippen LogP contribution in [0.25, 0.3) is 0 Å². The van der Waals surface area contributed by atoms with Gasteiger partial charge in [-0.05, 0) is 38.7 Å². The second-order valence-electron chi connectivity index (χ2n) is 6.09. The number of likely N-dealkylation sites (N-methyl/N-ethyl adjacent to an activating group) is 1. The Labute approximate surface area is 169 Å². The lowest BCUT2D eigenvalue weighted by Gasteiger charge is -2.21. The number of rotatable bonds is 7. The van der Waals surface area contributed by atoms with Gasteiger partial charge >= 0.3 is 0 Å². The van der Waals surface area contributed by atoms with Gasteiger partial charge in [0.25, 0.3) is 0 Å². The molecular weight excluding hydrogens is 429 g/mol. The summed E-state index contributed by atoms with van der Waals surface area (Å²) in [5, 5.41) is 6.66. The SMILES string of the molecule is CN=C(NCCOc1ccccc1)NCCN1CCCN(C)CC1.I. The molecule has 0 saturated carbocycles. The summed E-state index contributed by atoms with van der Waals surface area (Å²) in [6, 6.07) is 9.87. The highest BCUT2D eigenvalue weighted by Gasteiger charge is 2.11. The molecule has 0 atom stereocenters. The van der Waals surface area contributed by atoms with E-state index in [1.807, 2.05) is 30.3 Å². The van der Waals surface area contributed by atoms with Crippen molar-refractivity contribution in [3.63, 3.8) is 0 Å². The zero-order chi connectivity index (χ0) is 17.0. The molecule has 1 aromatic rings. The zero-order valence-electron chi connectivity index (χ0n) is 15.4. The minimum Gasteiger partial charge on any atom is -0.492 e. The maximum Gasteiger partial charge on any atom is 0.191 e. The van der Waals surface area contributed by atoms with E-state index < -0.39 is 0 Å². The molecule has 1 aromatic carbocycles. The van der Waals surface area contributed by atoms with Crippen LogP contribution in [0.5, 0.6) is 5.75 Å². The Kier molecular flexibility index (Phi) is 11.6. The van der Waals surface area contributed by atoms with Gasteiger partial charge in [0.1, 0.15) is 12.4 Å². The zero-order valence-corrected chi connectivity index (χ0v) is 17.7. The van der Waals surface area contributed by atoms with Crippen molar-refractivity contribution in [3.05, 3.63) is 30.3 Å². The average Bonchev–Trinajstić information content (AvgIpc) is 2.82. The van der Waals surface area contributed by atoms with Crippen LogP contribution >= 0.6 is 24.0 Å². The first-order valence-corrected chi connectivity index (χ1v) is 8.81. The molecular formula is C18H32IN5O. The number of ether oxygens (including phenoxy) is 1. The van der Waals surface area contributed by atoms with Crippen LogP contribution in [0.3, 0.4) is 0 Å². The molecule has 25 heavy (non-hydrogen) atoms. The normalized spacial score (nSPS) is 16.6. The summed E-state index contributed by atoms with van der Waals surface area (Å²) in [6.45, 7) is 7.99. The molecule has 0 radical (unpaired) electrons. The molecule has 1 fully saturated rings. The van der Waals surface area contributed by atoms with Crippen LogP contribution in [0.15, 0.2) is 35.3 Å². The van der Waals surface area contributed by atoms with Crippen LogP contribution in [0.1, 0.15) is 6.42 Å². The largest absolute Gasteiger partial charge is 0.492 e. The summed E-state index contributed by atoms with van der Waals surface area (Å²) in [5.74, 6) is 1.73. The first kappa shape index (κ1) is 22.0. The number of hydrogen-bond acceptors (Lipinski definition) is 4. The highest BCUT2D eigenvalue weighted by Crippen LogP contribution is 2.07. The molecule has 0 aliphatic carbocycles. The van der Waals surface area contributed by atoms with Gasteiger partial charge in [-0.15, -0.1) is 24.0 Å². The molecule has 1 saturated heterocycles. The summed E-state index contributed by atoms with van der Waals surface area (Å²) in [7, 11) is 4.00. The third-order valence-electron chi connectivity index (χ3n) is 4.16. The van der Waals surface area contributed by atoms with Gasteiger partial charge in [-0.2, -0.15) is 0 Å². The van der Waals surface area contributed by atoms with Gasteiger partial charge in [-0.25, -0.2) is 0 Å². The Hall–Kier alpha value is -1.06. The Morgan fingerprint density at radius 3 is 2.60 bits per heavy atom. The molecule has 2 rings (SSSR count). The number of halogens is 1. The fraction of sp³-hybridized carbons (Fsp3) is 0.611. The summed E-state index contributed by atoms with van der Waals surface area (Å²) in [4.78, 5) is 9.18. The highest BCUT2D eigenvalue weighted by molar-refractivity contribution is 14.0. The average molecular weight is 461 g/mol. The van der Waals surface area contributed by atoms with Gasteiger partial charge in [0.2, 0.25) is 0 Å². The Balaban J connectivity index is 0.00000312. The van der Waals surface area contributed by atoms with Crippen LogP contribution in [0, 0.1) is 0 Å². The molecule has 0 bridgehead atoms. The fourth-order valence-electron chi connectivity index (χ4n) is 2.73. The van der Waals surface area contributed by atoms with Crippen molar-refractivity contribution in [3.8, 4) is 5.75 Å². The number of nitrogens with zero attached hydrogens (tertiary/aromatic N) is 3. The maximum absolute atomic E-state index is 5.67. The molecule has 1 aliphatic heterocycles. The van der Waals surface area contributed by atoms with E-state index >= 15 is 0 Å². The predicted molar refractivity (Wildman–Crippen MR) is 115 cm³/mol. The van der Waals surface area contributed by atoms with Crippen molar-refractivity contribution < 1.29 is 4.74 Å². The molecule has 1 heterocycles. The number of guanidine groups is 1. The van der Waals surface area contributed by atoms with Gasteiger partial charge in [-0.1, -0.05) is 18.2 Å². The van der Waals surface area contributed by atoms with Gasteiger partial charge in [-0.3, -0.25) is 4.99 Å². The van der Waals surface area contributed by atoms with E-state index in [2.05, 4.69) is 32.5 Å². The smallest absolute Gasteiger partial charge is 0.191 e. The van der Waals surface area contributed by atoms with Gasteiger partial charge in [0.15, 0.2) is 5.96 Å². The van der Waals surface area contributed by atoms with Crippen LogP contribution < -0.4 is 15.4 Å². The third-order valence-corrected chi connectivity index (χ3v) is 4.16. The molecule has 0 spiro atoms. The van der Waals surface area contributed by atoms with E-state index in [1.165, 1.54) is 19.5 Å². The quantitative estimate of drug-likeness (QED) is 0.279. The standard InChI is InChI=1S/C18H31N5O.HI/c1-19-18(21-10-16-24-17-7-4-3-5-8-17)20-9-13-23-12-6-11-22(2)14-15-23;/h3-5,7-8H,6,9-16H2,1-2H3,(H2,19,20,21);1H. The van der Waals surface area contributed by atoms with Gasteiger partial charge in [0.05, 0.1) is 6.54 Å². The maximum atomic E-state index is 5.67. The van der Waals surface area contributed by atoms with Crippen molar-refractivity contribution >= 4 is 29.9 Å². The number of nitrogens with one attached hydrogen (secondary N) is 2. The Morgan fingerprint density at radius 1 is 1.08 bits per heavy atom. The first-order chi connectivity index (χ1) is 11.8. The molecule has 0 unspecified atom stereocenters. The molecule has 0 aromatic heterocycles. The van der Waals surface area contributed by atoms with Crippen LogP contribution in [0.2, 0.25) is 0 Å². The number of benzene rings is 1. The number of para-hydroxylation sites is 1.